The Labute approximate surface area is 347 Å². The van der Waals surface area contributed by atoms with Gasteiger partial charge >= 0.3 is 11.8 Å². The first-order chi connectivity index (χ1) is 29.1. The van der Waals surface area contributed by atoms with E-state index in [-0.39, 0.29) is 66.0 Å². The second-order valence-corrected chi connectivity index (χ2v) is 16.7. The summed E-state index contributed by atoms with van der Waals surface area (Å²) < 4.78 is 68.7. The van der Waals surface area contributed by atoms with Crippen LogP contribution in [0.3, 0.4) is 0 Å². The number of unbranched alkanes of at least 4 members (excludes halogenated alkanes) is 1. The molecule has 2 aliphatic heterocycles. The minimum Gasteiger partial charge on any atom is -0.423 e. The second-order valence-electron chi connectivity index (χ2n) is 16.7. The number of fused-ring (bicyclic) bond motifs is 3. The molecule has 12 nitrogen and oxygen atoms in total. The molecule has 1 aliphatic carbocycles. The molecule has 1 saturated heterocycles. The Morgan fingerprint density at radius 3 is 2.34 bits per heavy atom. The van der Waals surface area contributed by atoms with Gasteiger partial charge in [0.15, 0.2) is 0 Å². The first kappa shape index (κ1) is 41.8. The number of hydrogen-bond donors (Lipinski definition) is 0. The highest BCUT2D eigenvalue weighted by molar-refractivity contribution is 5.99. The normalized spacial score (nSPS) is 16.6. The molecule has 5 aromatic rings. The predicted molar refractivity (Wildman–Crippen MR) is 218 cm³/mol. The van der Waals surface area contributed by atoms with E-state index in [1.165, 1.54) is 28.9 Å². The SMILES string of the molecule is CC1(C)CCc2cc3c(C(F)(F)F)cc(=O)oc3cc2N1C(=O)CCCCOCn1nc(Cc2ccc(F)c(C(=O)N3CCN(C(=O)C4CC4)CC3)c2)c2ccccc2c1=O. The van der Waals surface area contributed by atoms with Gasteiger partial charge in [-0.1, -0.05) is 24.3 Å². The van der Waals surface area contributed by atoms with E-state index in [9.17, 15) is 37.1 Å². The molecule has 0 spiro atoms. The molecule has 320 valence electrons. The lowest BCUT2D eigenvalue weighted by Gasteiger charge is -2.43. The monoisotopic (exact) mass is 843 g/mol. The number of aromatic nitrogens is 2. The van der Waals surface area contributed by atoms with Crippen molar-refractivity contribution in [1.29, 1.82) is 0 Å². The first-order valence-corrected chi connectivity index (χ1v) is 20.5. The van der Waals surface area contributed by atoms with Gasteiger partial charge in [-0.25, -0.2) is 13.9 Å². The molecule has 3 aliphatic rings. The third kappa shape index (κ3) is 8.68. The summed E-state index contributed by atoms with van der Waals surface area (Å²) >= 11 is 0. The van der Waals surface area contributed by atoms with E-state index in [4.69, 9.17) is 9.15 Å². The number of anilines is 1. The molecule has 0 N–H and O–H groups in total. The number of alkyl halides is 3. The maximum absolute atomic E-state index is 15.1. The molecule has 0 atom stereocenters. The summed E-state index contributed by atoms with van der Waals surface area (Å²) in [5.74, 6) is -1.14. The molecule has 3 aromatic carbocycles. The molecule has 16 heteroatoms. The van der Waals surface area contributed by atoms with Gasteiger partial charge in [0, 0.05) is 80.0 Å². The summed E-state index contributed by atoms with van der Waals surface area (Å²) in [7, 11) is 0. The van der Waals surface area contributed by atoms with Crippen molar-refractivity contribution in [3.8, 4) is 0 Å². The zero-order valence-electron chi connectivity index (χ0n) is 33.9. The molecule has 4 heterocycles. The second kappa shape index (κ2) is 16.5. The fourth-order valence-electron chi connectivity index (χ4n) is 8.43. The number of hydrogen-bond acceptors (Lipinski definition) is 8. The zero-order chi connectivity index (χ0) is 43.2. The summed E-state index contributed by atoms with van der Waals surface area (Å²) in [5.41, 5.74) is -1.47. The third-order valence-corrected chi connectivity index (χ3v) is 11.9. The summed E-state index contributed by atoms with van der Waals surface area (Å²) in [6, 6.07) is 14.5. The summed E-state index contributed by atoms with van der Waals surface area (Å²) in [6.07, 6.45) is -0.863. The van der Waals surface area contributed by atoms with E-state index >= 15 is 4.39 Å². The Hall–Kier alpha value is -5.90. The summed E-state index contributed by atoms with van der Waals surface area (Å²) in [6.45, 7) is 5.21. The van der Waals surface area contributed by atoms with Gasteiger partial charge in [0.05, 0.1) is 27.9 Å². The van der Waals surface area contributed by atoms with Crippen LogP contribution in [0, 0.1) is 11.7 Å². The lowest BCUT2D eigenvalue weighted by Crippen LogP contribution is -2.51. The Kier molecular flexibility index (Phi) is 11.3. The molecular weight excluding hydrogens is 799 g/mol. The van der Waals surface area contributed by atoms with E-state index in [1.54, 1.807) is 45.0 Å². The van der Waals surface area contributed by atoms with Crippen molar-refractivity contribution in [2.45, 2.75) is 83.7 Å². The van der Waals surface area contributed by atoms with E-state index < -0.39 is 34.6 Å². The maximum Gasteiger partial charge on any atom is 0.417 e. The number of amides is 3. The summed E-state index contributed by atoms with van der Waals surface area (Å²) in [5, 5.41) is 5.40. The number of carbonyl (C=O) groups is 3. The number of piperazine rings is 1. The smallest absolute Gasteiger partial charge is 0.417 e. The molecule has 3 amide bonds. The fourth-order valence-corrected chi connectivity index (χ4v) is 8.43. The van der Waals surface area contributed by atoms with Gasteiger partial charge in [-0.2, -0.15) is 18.3 Å². The van der Waals surface area contributed by atoms with Crippen molar-refractivity contribution in [3.05, 3.63) is 115 Å². The lowest BCUT2D eigenvalue weighted by molar-refractivity contribution is -0.136. The first-order valence-electron chi connectivity index (χ1n) is 20.5. The van der Waals surface area contributed by atoms with Gasteiger partial charge in [0.2, 0.25) is 11.8 Å². The van der Waals surface area contributed by atoms with Gasteiger partial charge in [0.25, 0.3) is 11.5 Å². The zero-order valence-corrected chi connectivity index (χ0v) is 33.9. The number of halogens is 4. The van der Waals surface area contributed by atoms with Crippen LogP contribution in [-0.4, -0.2) is 75.6 Å². The number of aryl methyl sites for hydroxylation is 1. The average molecular weight is 844 g/mol. The Morgan fingerprint density at radius 2 is 1.62 bits per heavy atom. The number of carbonyl (C=O) groups excluding carboxylic acids is 3. The third-order valence-electron chi connectivity index (χ3n) is 11.9. The average Bonchev–Trinajstić information content (AvgIpc) is 4.08. The van der Waals surface area contributed by atoms with Crippen LogP contribution in [0.4, 0.5) is 23.2 Å². The number of benzene rings is 3. The molecule has 61 heavy (non-hydrogen) atoms. The largest absolute Gasteiger partial charge is 0.423 e. The van der Waals surface area contributed by atoms with Crippen LogP contribution in [0.2, 0.25) is 0 Å². The molecule has 2 fully saturated rings. The summed E-state index contributed by atoms with van der Waals surface area (Å²) in [4.78, 5) is 70.2. The molecule has 8 rings (SSSR count). The van der Waals surface area contributed by atoms with Crippen molar-refractivity contribution in [3.63, 3.8) is 0 Å². The van der Waals surface area contributed by atoms with Gasteiger partial charge < -0.3 is 23.9 Å². The van der Waals surface area contributed by atoms with Crippen molar-refractivity contribution >= 4 is 45.2 Å². The standard InChI is InChI=1S/C45H45F4N5O7/c1-44(2)15-14-29-23-32-34(45(47,48)49)24-40(56)61-38(32)25-37(29)54(44)39(55)9-5-6-20-60-26-53-43(59)31-8-4-3-7-30(31)36(50-53)22-27-10-13-35(46)33(21-27)42(58)52-18-16-51(17-19-52)41(57)28-11-12-28/h3-4,7-8,10,13,21,23-25,28H,5-6,9,11-12,14-20,22,26H2,1-2H3. The number of ether oxygens (including phenoxy) is 1. The van der Waals surface area contributed by atoms with Crippen LogP contribution in [0.25, 0.3) is 21.7 Å². The van der Waals surface area contributed by atoms with Crippen LogP contribution in [-0.2, 0) is 40.1 Å². The molecule has 0 radical (unpaired) electrons. The maximum atomic E-state index is 15.1. The van der Waals surface area contributed by atoms with Crippen LogP contribution >= 0.6 is 0 Å². The quantitative estimate of drug-likeness (QED) is 0.0801. The van der Waals surface area contributed by atoms with E-state index in [0.29, 0.717) is 91.2 Å². The molecule has 0 unspecified atom stereocenters. The van der Waals surface area contributed by atoms with E-state index in [1.807, 2.05) is 13.8 Å². The van der Waals surface area contributed by atoms with Gasteiger partial charge in [-0.15, -0.1) is 0 Å². The van der Waals surface area contributed by atoms with Crippen molar-refractivity contribution in [2.75, 3.05) is 37.7 Å². The minimum atomic E-state index is -4.76. The Balaban J connectivity index is 0.907. The predicted octanol–water partition coefficient (Wildman–Crippen LogP) is 6.85. The van der Waals surface area contributed by atoms with Crippen molar-refractivity contribution in [2.24, 2.45) is 5.92 Å². The van der Waals surface area contributed by atoms with Crippen molar-refractivity contribution < 1.29 is 41.1 Å². The highest BCUT2D eigenvalue weighted by Gasteiger charge is 2.39. The van der Waals surface area contributed by atoms with E-state index in [2.05, 4.69) is 5.10 Å². The molecule has 1 saturated carbocycles. The van der Waals surface area contributed by atoms with Crippen molar-refractivity contribution in [1.82, 2.24) is 19.6 Å². The van der Waals surface area contributed by atoms with Crippen LogP contribution in [0.15, 0.2) is 74.7 Å². The molecule has 2 aromatic heterocycles. The topological polar surface area (TPSA) is 135 Å². The Bertz CT molecular complexity index is 2660. The van der Waals surface area contributed by atoms with E-state index in [0.717, 1.165) is 12.8 Å². The highest BCUT2D eigenvalue weighted by Crippen LogP contribution is 2.42. The number of nitrogens with zero attached hydrogens (tertiary/aromatic N) is 5. The molecular formula is C45H45F4N5O7. The molecule has 0 bridgehead atoms. The van der Waals surface area contributed by atoms with Crippen LogP contribution in [0.1, 0.15) is 85.1 Å². The number of rotatable bonds is 11. The van der Waals surface area contributed by atoms with Gasteiger partial charge in [0.1, 0.15) is 18.1 Å². The fraction of sp³-hybridized carbons (Fsp3) is 0.422. The van der Waals surface area contributed by atoms with Gasteiger partial charge in [-0.3, -0.25) is 19.2 Å². The lowest BCUT2D eigenvalue weighted by atomic mass is 9.85. The Morgan fingerprint density at radius 1 is 0.902 bits per heavy atom. The highest BCUT2D eigenvalue weighted by atomic mass is 19.4. The van der Waals surface area contributed by atoms with Crippen LogP contribution < -0.4 is 16.1 Å². The van der Waals surface area contributed by atoms with Crippen LogP contribution in [0.5, 0.6) is 0 Å². The van der Waals surface area contributed by atoms with Gasteiger partial charge in [-0.05, 0) is 87.8 Å². The minimum absolute atomic E-state index is 0.0756.